The van der Waals surface area contributed by atoms with Gasteiger partial charge in [-0.2, -0.15) is 0 Å². The summed E-state index contributed by atoms with van der Waals surface area (Å²) in [7, 11) is 1.55. The van der Waals surface area contributed by atoms with Crippen molar-refractivity contribution in [1.82, 2.24) is 5.32 Å². The molecule has 0 atom stereocenters. The molecule has 0 spiro atoms. The standard InChI is InChI=1S/C18H16Cl2N2O2/c1-11-3-4-13(18(24)21-2)10-16(11)22-17(23)8-5-12-9-14(19)6-7-15(12)20/h3-10H,1-2H3,(H,21,24)(H,22,23)/b8-5+. The fraction of sp³-hybridized carbons (Fsp3) is 0.111. The molecule has 2 N–H and O–H groups in total. The Kier molecular flexibility index (Phi) is 6.01. The maximum absolute atomic E-state index is 12.1. The predicted molar refractivity (Wildman–Crippen MR) is 98.7 cm³/mol. The number of aryl methyl sites for hydroxylation is 1. The molecular weight excluding hydrogens is 347 g/mol. The molecule has 2 rings (SSSR count). The van der Waals surface area contributed by atoms with E-state index in [-0.39, 0.29) is 11.8 Å². The minimum atomic E-state index is -0.330. The number of benzene rings is 2. The molecule has 0 aromatic heterocycles. The summed E-state index contributed by atoms with van der Waals surface area (Å²) in [6.45, 7) is 1.85. The minimum absolute atomic E-state index is 0.216. The molecule has 0 unspecified atom stereocenters. The maximum atomic E-state index is 12.1. The highest BCUT2D eigenvalue weighted by atomic mass is 35.5. The Morgan fingerprint density at radius 2 is 1.83 bits per heavy atom. The van der Waals surface area contributed by atoms with Gasteiger partial charge in [0.1, 0.15) is 0 Å². The van der Waals surface area contributed by atoms with Gasteiger partial charge in [0.25, 0.3) is 5.91 Å². The number of nitrogens with one attached hydrogen (secondary N) is 2. The first kappa shape index (κ1) is 18.0. The largest absolute Gasteiger partial charge is 0.355 e. The third-order valence-electron chi connectivity index (χ3n) is 3.36. The Balaban J connectivity index is 2.16. The number of halogens is 2. The maximum Gasteiger partial charge on any atom is 0.251 e. The fourth-order valence-corrected chi connectivity index (χ4v) is 2.39. The van der Waals surface area contributed by atoms with Gasteiger partial charge in [-0.3, -0.25) is 9.59 Å². The van der Waals surface area contributed by atoms with Crippen LogP contribution in [-0.4, -0.2) is 18.9 Å². The lowest BCUT2D eigenvalue weighted by molar-refractivity contribution is -0.111. The first-order valence-corrected chi connectivity index (χ1v) is 7.93. The quantitative estimate of drug-likeness (QED) is 0.796. The molecule has 0 aliphatic heterocycles. The summed E-state index contributed by atoms with van der Waals surface area (Å²) in [5.41, 5.74) is 2.54. The van der Waals surface area contributed by atoms with Crippen molar-refractivity contribution < 1.29 is 9.59 Å². The lowest BCUT2D eigenvalue weighted by atomic mass is 10.1. The molecule has 124 valence electrons. The van der Waals surface area contributed by atoms with E-state index in [0.717, 1.165) is 5.56 Å². The molecule has 2 aromatic carbocycles. The average molecular weight is 363 g/mol. The van der Waals surface area contributed by atoms with Crippen LogP contribution in [0, 0.1) is 6.92 Å². The average Bonchev–Trinajstić information content (AvgIpc) is 2.57. The molecule has 0 aliphatic carbocycles. The fourth-order valence-electron chi connectivity index (χ4n) is 2.02. The highest BCUT2D eigenvalue weighted by molar-refractivity contribution is 6.34. The monoisotopic (exact) mass is 362 g/mol. The number of hydrogen-bond acceptors (Lipinski definition) is 2. The van der Waals surface area contributed by atoms with Crippen LogP contribution in [0.25, 0.3) is 6.08 Å². The molecule has 4 nitrogen and oxygen atoms in total. The van der Waals surface area contributed by atoms with Crippen LogP contribution >= 0.6 is 23.2 Å². The zero-order valence-corrected chi connectivity index (χ0v) is 14.7. The van der Waals surface area contributed by atoms with Crippen LogP contribution in [0.5, 0.6) is 0 Å². The SMILES string of the molecule is CNC(=O)c1ccc(C)c(NC(=O)/C=C/c2cc(Cl)ccc2Cl)c1. The summed E-state index contributed by atoms with van der Waals surface area (Å²) >= 11 is 12.0. The molecule has 0 bridgehead atoms. The van der Waals surface area contributed by atoms with Crippen molar-refractivity contribution in [2.75, 3.05) is 12.4 Å². The lowest BCUT2D eigenvalue weighted by Crippen LogP contribution is -2.18. The van der Waals surface area contributed by atoms with Crippen LogP contribution in [0.2, 0.25) is 10.0 Å². The van der Waals surface area contributed by atoms with Crippen molar-refractivity contribution in [3.63, 3.8) is 0 Å². The van der Waals surface area contributed by atoms with E-state index in [2.05, 4.69) is 10.6 Å². The highest BCUT2D eigenvalue weighted by Gasteiger charge is 2.08. The summed E-state index contributed by atoms with van der Waals surface area (Å²) in [5, 5.41) is 6.34. The van der Waals surface area contributed by atoms with Gasteiger partial charge >= 0.3 is 0 Å². The zero-order chi connectivity index (χ0) is 17.7. The third kappa shape index (κ3) is 4.60. The Hall–Kier alpha value is -2.30. The Morgan fingerprint density at radius 1 is 1.08 bits per heavy atom. The first-order chi connectivity index (χ1) is 11.4. The van der Waals surface area contributed by atoms with Gasteiger partial charge in [-0.15, -0.1) is 0 Å². The van der Waals surface area contributed by atoms with E-state index in [1.54, 1.807) is 49.5 Å². The molecule has 0 fully saturated rings. The lowest BCUT2D eigenvalue weighted by Gasteiger charge is -2.09. The second-order valence-corrected chi connectivity index (χ2v) is 5.94. The van der Waals surface area contributed by atoms with E-state index in [1.165, 1.54) is 6.08 Å². The van der Waals surface area contributed by atoms with Crippen LogP contribution in [0.3, 0.4) is 0 Å². The Bertz CT molecular complexity index is 817. The topological polar surface area (TPSA) is 58.2 Å². The van der Waals surface area contributed by atoms with Crippen LogP contribution in [0.1, 0.15) is 21.5 Å². The number of amides is 2. The summed E-state index contributed by atoms with van der Waals surface area (Å²) < 4.78 is 0. The Morgan fingerprint density at radius 3 is 2.54 bits per heavy atom. The molecule has 0 aliphatic rings. The minimum Gasteiger partial charge on any atom is -0.355 e. The molecule has 6 heteroatoms. The predicted octanol–water partition coefficient (Wildman–Crippen LogP) is 4.31. The van der Waals surface area contributed by atoms with Gasteiger partial charge in [-0.25, -0.2) is 0 Å². The first-order valence-electron chi connectivity index (χ1n) is 7.17. The number of hydrogen-bond donors (Lipinski definition) is 2. The molecule has 0 saturated heterocycles. The van der Waals surface area contributed by atoms with Gasteiger partial charge in [0.15, 0.2) is 0 Å². The summed E-state index contributed by atoms with van der Waals surface area (Å²) in [4.78, 5) is 23.8. The third-order valence-corrected chi connectivity index (χ3v) is 3.94. The van der Waals surface area contributed by atoms with Crippen molar-refractivity contribution in [3.05, 3.63) is 69.2 Å². The zero-order valence-electron chi connectivity index (χ0n) is 13.2. The van der Waals surface area contributed by atoms with Crippen LogP contribution < -0.4 is 10.6 Å². The molecule has 24 heavy (non-hydrogen) atoms. The van der Waals surface area contributed by atoms with Gasteiger partial charge < -0.3 is 10.6 Å². The van der Waals surface area contributed by atoms with Crippen LogP contribution in [-0.2, 0) is 4.79 Å². The van der Waals surface area contributed by atoms with Crippen molar-refractivity contribution in [2.24, 2.45) is 0 Å². The summed E-state index contributed by atoms with van der Waals surface area (Å²) in [6.07, 6.45) is 2.95. The second-order valence-electron chi connectivity index (χ2n) is 5.10. The van der Waals surface area contributed by atoms with Crippen LogP contribution in [0.15, 0.2) is 42.5 Å². The van der Waals surface area contributed by atoms with E-state index in [9.17, 15) is 9.59 Å². The van der Waals surface area contributed by atoms with E-state index in [4.69, 9.17) is 23.2 Å². The van der Waals surface area contributed by atoms with Crippen molar-refractivity contribution in [3.8, 4) is 0 Å². The number of carbonyl (C=O) groups is 2. The number of anilines is 1. The second kappa shape index (κ2) is 7.99. The molecule has 2 amide bonds. The summed E-state index contributed by atoms with van der Waals surface area (Å²) in [5.74, 6) is -0.546. The van der Waals surface area contributed by atoms with E-state index >= 15 is 0 Å². The molecular formula is C18H16Cl2N2O2. The normalized spacial score (nSPS) is 10.7. The van der Waals surface area contributed by atoms with Gasteiger partial charge in [-0.1, -0.05) is 29.3 Å². The van der Waals surface area contributed by atoms with Gasteiger partial charge in [-0.05, 0) is 54.5 Å². The highest BCUT2D eigenvalue weighted by Crippen LogP contribution is 2.22. The van der Waals surface area contributed by atoms with Crippen molar-refractivity contribution in [2.45, 2.75) is 6.92 Å². The van der Waals surface area contributed by atoms with Gasteiger partial charge in [0, 0.05) is 34.4 Å². The van der Waals surface area contributed by atoms with Gasteiger partial charge in [0.2, 0.25) is 5.91 Å². The van der Waals surface area contributed by atoms with E-state index < -0.39 is 0 Å². The molecule has 0 saturated carbocycles. The summed E-state index contributed by atoms with van der Waals surface area (Å²) in [6, 6.07) is 10.1. The number of rotatable bonds is 4. The van der Waals surface area contributed by atoms with Gasteiger partial charge in [0.05, 0.1) is 0 Å². The van der Waals surface area contributed by atoms with E-state index in [1.807, 2.05) is 6.92 Å². The van der Waals surface area contributed by atoms with Crippen molar-refractivity contribution in [1.29, 1.82) is 0 Å². The molecule has 0 heterocycles. The smallest absolute Gasteiger partial charge is 0.251 e. The number of carbonyl (C=O) groups excluding carboxylic acids is 2. The Labute approximate surface area is 150 Å². The van der Waals surface area contributed by atoms with Crippen molar-refractivity contribution >= 4 is 46.8 Å². The van der Waals surface area contributed by atoms with Crippen LogP contribution in [0.4, 0.5) is 5.69 Å². The molecule has 0 radical (unpaired) electrons. The molecule has 2 aromatic rings. The van der Waals surface area contributed by atoms with E-state index in [0.29, 0.717) is 26.9 Å².